The van der Waals surface area contributed by atoms with Gasteiger partial charge >= 0.3 is 0 Å². The number of halogens is 2. The lowest BCUT2D eigenvalue weighted by atomic mass is 10.1. The van der Waals surface area contributed by atoms with Crippen molar-refractivity contribution in [2.75, 3.05) is 13.6 Å². The number of ether oxygens (including phenoxy) is 1. The summed E-state index contributed by atoms with van der Waals surface area (Å²) in [5.41, 5.74) is -0.351. The van der Waals surface area contributed by atoms with Gasteiger partial charge in [0, 0.05) is 12.6 Å². The third kappa shape index (κ3) is 3.68. The van der Waals surface area contributed by atoms with Gasteiger partial charge in [-0.1, -0.05) is 11.6 Å². The fraction of sp³-hybridized carbons (Fsp3) is 0.455. The third-order valence-electron chi connectivity index (χ3n) is 1.89. The van der Waals surface area contributed by atoms with Crippen LogP contribution >= 0.6 is 11.6 Å². The van der Waals surface area contributed by atoms with Crippen LogP contribution in [0.3, 0.4) is 0 Å². The highest BCUT2D eigenvalue weighted by Gasteiger charge is 2.18. The Bertz CT molecular complexity index is 341. The molecule has 15 heavy (non-hydrogen) atoms. The Morgan fingerprint density at radius 2 is 2.13 bits per heavy atom. The van der Waals surface area contributed by atoms with Gasteiger partial charge in [-0.3, -0.25) is 0 Å². The maximum Gasteiger partial charge on any atom is 0.142 e. The molecule has 1 aromatic carbocycles. The molecule has 0 spiro atoms. The number of rotatable bonds is 4. The quantitative estimate of drug-likeness (QED) is 0.861. The van der Waals surface area contributed by atoms with Crippen molar-refractivity contribution in [1.82, 2.24) is 5.32 Å². The summed E-state index contributed by atoms with van der Waals surface area (Å²) in [5.74, 6) is 0.136. The molecule has 0 aliphatic heterocycles. The minimum absolute atomic E-state index is 0.0766. The number of hydrogen-bond acceptors (Lipinski definition) is 2. The van der Waals surface area contributed by atoms with Crippen molar-refractivity contribution in [1.29, 1.82) is 0 Å². The Kier molecular flexibility index (Phi) is 3.94. The normalized spacial score (nSPS) is 11.5. The van der Waals surface area contributed by atoms with E-state index in [-0.39, 0.29) is 10.6 Å². The highest BCUT2D eigenvalue weighted by molar-refractivity contribution is 6.30. The molecule has 0 bridgehead atoms. The molecule has 0 unspecified atom stereocenters. The molecule has 2 nitrogen and oxygen atoms in total. The summed E-state index contributed by atoms with van der Waals surface area (Å²) < 4.78 is 18.5. The second-order valence-electron chi connectivity index (χ2n) is 3.97. The molecule has 84 valence electrons. The highest BCUT2D eigenvalue weighted by Crippen LogP contribution is 2.24. The molecule has 1 aromatic rings. The molecular weight excluding hydrogens is 217 g/mol. The SMILES string of the molecule is CNCC(C)(C)Oc1ccc(F)c(Cl)c1. The van der Waals surface area contributed by atoms with Gasteiger partial charge in [-0.05, 0) is 33.0 Å². The molecule has 1 rings (SSSR count). The maximum absolute atomic E-state index is 12.9. The van der Waals surface area contributed by atoms with E-state index in [1.807, 2.05) is 20.9 Å². The van der Waals surface area contributed by atoms with Gasteiger partial charge in [-0.2, -0.15) is 0 Å². The molecule has 0 radical (unpaired) electrons. The Hall–Kier alpha value is -0.800. The number of hydrogen-bond donors (Lipinski definition) is 1. The average molecular weight is 232 g/mol. The molecule has 0 saturated carbocycles. The summed E-state index contributed by atoms with van der Waals surface area (Å²) in [6.07, 6.45) is 0. The van der Waals surface area contributed by atoms with Crippen LogP contribution in [0.15, 0.2) is 18.2 Å². The third-order valence-corrected chi connectivity index (χ3v) is 2.18. The number of benzene rings is 1. The van der Waals surface area contributed by atoms with Crippen LogP contribution in [-0.2, 0) is 0 Å². The van der Waals surface area contributed by atoms with Crippen molar-refractivity contribution in [2.45, 2.75) is 19.4 Å². The van der Waals surface area contributed by atoms with Crippen LogP contribution in [0.25, 0.3) is 0 Å². The van der Waals surface area contributed by atoms with Gasteiger partial charge in [0.05, 0.1) is 5.02 Å². The Morgan fingerprint density at radius 3 is 2.67 bits per heavy atom. The molecule has 0 saturated heterocycles. The Labute approximate surface area is 94.4 Å². The minimum atomic E-state index is -0.435. The molecule has 0 aliphatic rings. The van der Waals surface area contributed by atoms with Gasteiger partial charge in [-0.25, -0.2) is 4.39 Å². The van der Waals surface area contributed by atoms with E-state index in [2.05, 4.69) is 5.32 Å². The Balaban J connectivity index is 2.76. The van der Waals surface area contributed by atoms with Crippen molar-refractivity contribution in [2.24, 2.45) is 0 Å². The van der Waals surface area contributed by atoms with Gasteiger partial charge in [0.25, 0.3) is 0 Å². The summed E-state index contributed by atoms with van der Waals surface area (Å²) >= 11 is 5.65. The van der Waals surface area contributed by atoms with Gasteiger partial charge in [0.15, 0.2) is 0 Å². The monoisotopic (exact) mass is 231 g/mol. The van der Waals surface area contributed by atoms with Crippen LogP contribution in [0.5, 0.6) is 5.75 Å². The zero-order valence-corrected chi connectivity index (χ0v) is 9.86. The van der Waals surface area contributed by atoms with Crippen molar-refractivity contribution in [3.63, 3.8) is 0 Å². The molecule has 0 amide bonds. The summed E-state index contributed by atoms with van der Waals surface area (Å²) in [7, 11) is 1.85. The maximum atomic E-state index is 12.9. The zero-order chi connectivity index (χ0) is 11.5. The lowest BCUT2D eigenvalue weighted by molar-refractivity contribution is 0.110. The first-order chi connectivity index (χ1) is 6.94. The Morgan fingerprint density at radius 1 is 1.47 bits per heavy atom. The van der Waals surface area contributed by atoms with Gasteiger partial charge in [-0.15, -0.1) is 0 Å². The standard InChI is InChI=1S/C11H15ClFNO/c1-11(2,7-14-3)15-8-4-5-10(13)9(12)6-8/h4-6,14H,7H2,1-3H3. The van der Waals surface area contributed by atoms with E-state index in [9.17, 15) is 4.39 Å². The first-order valence-electron chi connectivity index (χ1n) is 4.73. The summed E-state index contributed by atoms with van der Waals surface area (Å²) in [5, 5.41) is 3.10. The fourth-order valence-corrected chi connectivity index (χ4v) is 1.49. The van der Waals surface area contributed by atoms with Crippen LogP contribution in [-0.4, -0.2) is 19.2 Å². The van der Waals surface area contributed by atoms with E-state index in [1.54, 1.807) is 6.07 Å². The molecule has 0 fully saturated rings. The smallest absolute Gasteiger partial charge is 0.142 e. The van der Waals surface area contributed by atoms with E-state index in [1.165, 1.54) is 12.1 Å². The van der Waals surface area contributed by atoms with Crippen molar-refractivity contribution < 1.29 is 9.13 Å². The fourth-order valence-electron chi connectivity index (χ4n) is 1.32. The molecular formula is C11H15ClFNO. The predicted molar refractivity (Wildman–Crippen MR) is 60.0 cm³/mol. The van der Waals surface area contributed by atoms with E-state index in [0.717, 1.165) is 0 Å². The van der Waals surface area contributed by atoms with Crippen molar-refractivity contribution in [3.05, 3.63) is 29.0 Å². The molecule has 0 aromatic heterocycles. The van der Waals surface area contributed by atoms with Crippen LogP contribution in [0.2, 0.25) is 5.02 Å². The largest absolute Gasteiger partial charge is 0.486 e. The summed E-state index contributed by atoms with van der Waals surface area (Å²) in [6.45, 7) is 4.59. The predicted octanol–water partition coefficient (Wildman–Crippen LogP) is 2.86. The minimum Gasteiger partial charge on any atom is -0.486 e. The van der Waals surface area contributed by atoms with E-state index in [0.29, 0.717) is 12.3 Å². The first kappa shape index (κ1) is 12.3. The lowest BCUT2D eigenvalue weighted by Gasteiger charge is -2.26. The zero-order valence-electron chi connectivity index (χ0n) is 9.10. The number of likely N-dealkylation sites (N-methyl/N-ethyl adjacent to an activating group) is 1. The molecule has 1 N–H and O–H groups in total. The van der Waals surface area contributed by atoms with Gasteiger partial charge in [0.1, 0.15) is 17.2 Å². The van der Waals surface area contributed by atoms with Gasteiger partial charge in [0.2, 0.25) is 0 Å². The van der Waals surface area contributed by atoms with Crippen molar-refractivity contribution >= 4 is 11.6 Å². The van der Waals surface area contributed by atoms with Crippen LogP contribution in [0.4, 0.5) is 4.39 Å². The van der Waals surface area contributed by atoms with Crippen molar-refractivity contribution in [3.8, 4) is 5.75 Å². The van der Waals surface area contributed by atoms with E-state index < -0.39 is 5.82 Å². The molecule has 4 heteroatoms. The topological polar surface area (TPSA) is 21.3 Å². The average Bonchev–Trinajstić information content (AvgIpc) is 2.10. The second kappa shape index (κ2) is 4.81. The second-order valence-corrected chi connectivity index (χ2v) is 4.38. The molecule has 0 heterocycles. The lowest BCUT2D eigenvalue weighted by Crippen LogP contribution is -2.38. The molecule has 0 aliphatic carbocycles. The van der Waals surface area contributed by atoms with Crippen LogP contribution < -0.4 is 10.1 Å². The molecule has 0 atom stereocenters. The summed E-state index contributed by atoms with van der Waals surface area (Å²) in [6, 6.07) is 4.35. The first-order valence-corrected chi connectivity index (χ1v) is 5.11. The number of nitrogens with one attached hydrogen (secondary N) is 1. The summed E-state index contributed by atoms with van der Waals surface area (Å²) in [4.78, 5) is 0. The van der Waals surface area contributed by atoms with Crippen LogP contribution in [0.1, 0.15) is 13.8 Å². The van der Waals surface area contributed by atoms with E-state index in [4.69, 9.17) is 16.3 Å². The van der Waals surface area contributed by atoms with Crippen LogP contribution in [0, 0.1) is 5.82 Å². The highest BCUT2D eigenvalue weighted by atomic mass is 35.5. The van der Waals surface area contributed by atoms with Gasteiger partial charge < -0.3 is 10.1 Å². The van der Waals surface area contributed by atoms with E-state index >= 15 is 0 Å².